The van der Waals surface area contributed by atoms with Crippen molar-refractivity contribution in [2.24, 2.45) is 18.0 Å². The topological polar surface area (TPSA) is 41.4 Å². The van der Waals surface area contributed by atoms with Gasteiger partial charge in [0, 0.05) is 32.0 Å². The van der Waals surface area contributed by atoms with Crippen molar-refractivity contribution in [3.63, 3.8) is 0 Å². The molecule has 1 aromatic heterocycles. The molecule has 0 aromatic carbocycles. The molecule has 0 amide bonds. The van der Waals surface area contributed by atoms with E-state index in [2.05, 4.69) is 15.6 Å². The lowest BCUT2D eigenvalue weighted by Gasteiger charge is -2.31. The van der Waals surface area contributed by atoms with Crippen LogP contribution in [-0.4, -0.2) is 29.8 Å². The molecule has 8 heteroatoms. The highest BCUT2D eigenvalue weighted by molar-refractivity contribution is 14.0. The molecule has 1 heterocycles. The van der Waals surface area contributed by atoms with Crippen molar-refractivity contribution in [3.05, 3.63) is 24.0 Å². The summed E-state index contributed by atoms with van der Waals surface area (Å²) in [7, 11) is 3.58. The van der Waals surface area contributed by atoms with Crippen LogP contribution in [0.4, 0.5) is 13.2 Å². The molecule has 2 rings (SSSR count). The smallest absolute Gasteiger partial charge is 0.354 e. The van der Waals surface area contributed by atoms with E-state index in [9.17, 15) is 13.2 Å². The van der Waals surface area contributed by atoms with E-state index in [0.29, 0.717) is 18.9 Å². The van der Waals surface area contributed by atoms with Gasteiger partial charge in [-0.15, -0.1) is 24.0 Å². The Kier molecular flexibility index (Phi) is 7.69. The highest BCUT2D eigenvalue weighted by atomic mass is 127. The molecule has 0 spiro atoms. The van der Waals surface area contributed by atoms with Gasteiger partial charge in [0.1, 0.15) is 0 Å². The zero-order valence-corrected chi connectivity index (χ0v) is 15.7. The lowest BCUT2D eigenvalue weighted by Crippen LogP contribution is -2.46. The Labute approximate surface area is 151 Å². The highest BCUT2D eigenvalue weighted by Gasteiger charge is 2.42. The Morgan fingerprint density at radius 3 is 2.70 bits per heavy atom. The van der Waals surface area contributed by atoms with Crippen molar-refractivity contribution in [1.29, 1.82) is 0 Å². The molecule has 2 N–H and O–H groups in total. The maximum atomic E-state index is 12.8. The third-order valence-electron chi connectivity index (χ3n) is 4.19. The minimum Gasteiger partial charge on any atom is -0.354 e. The van der Waals surface area contributed by atoms with Crippen LogP contribution >= 0.6 is 24.0 Å². The molecule has 0 radical (unpaired) electrons. The number of aryl methyl sites for hydroxylation is 1. The molecule has 2 unspecified atom stereocenters. The van der Waals surface area contributed by atoms with E-state index in [1.165, 1.54) is 0 Å². The minimum atomic E-state index is -4.10. The van der Waals surface area contributed by atoms with E-state index in [1.54, 1.807) is 7.05 Å². The number of halogens is 4. The second-order valence-electron chi connectivity index (χ2n) is 5.78. The highest BCUT2D eigenvalue weighted by Crippen LogP contribution is 2.37. The zero-order chi connectivity index (χ0) is 16.2. The number of nitrogens with zero attached hydrogens (tertiary/aromatic N) is 2. The number of aromatic nitrogens is 1. The SMILES string of the molecule is CN=C(NCc1cccn1C)NC1CCCC(C(F)(F)F)C1.I. The maximum absolute atomic E-state index is 12.8. The van der Waals surface area contributed by atoms with Crippen LogP contribution in [0.25, 0.3) is 0 Å². The van der Waals surface area contributed by atoms with Gasteiger partial charge in [-0.05, 0) is 31.4 Å². The lowest BCUT2D eigenvalue weighted by molar-refractivity contribution is -0.183. The molecule has 0 bridgehead atoms. The monoisotopic (exact) mass is 444 g/mol. The molecule has 1 aliphatic carbocycles. The second-order valence-corrected chi connectivity index (χ2v) is 5.78. The molecule has 1 aliphatic rings. The van der Waals surface area contributed by atoms with Gasteiger partial charge in [0.15, 0.2) is 5.96 Å². The van der Waals surface area contributed by atoms with Crippen LogP contribution in [0.2, 0.25) is 0 Å². The van der Waals surface area contributed by atoms with Crippen molar-refractivity contribution in [1.82, 2.24) is 15.2 Å². The van der Waals surface area contributed by atoms with Gasteiger partial charge in [0.2, 0.25) is 0 Å². The van der Waals surface area contributed by atoms with Crippen LogP contribution in [-0.2, 0) is 13.6 Å². The first-order valence-electron chi connectivity index (χ1n) is 7.54. The molecule has 4 nitrogen and oxygen atoms in total. The average molecular weight is 444 g/mol. The number of aliphatic imine (C=N–C) groups is 1. The quantitative estimate of drug-likeness (QED) is 0.426. The van der Waals surface area contributed by atoms with Crippen LogP contribution in [0.15, 0.2) is 23.3 Å². The first-order valence-corrected chi connectivity index (χ1v) is 7.54. The summed E-state index contributed by atoms with van der Waals surface area (Å²) in [5, 5.41) is 6.27. The van der Waals surface area contributed by atoms with E-state index in [1.807, 2.05) is 29.9 Å². The molecular formula is C15H24F3IN4. The van der Waals surface area contributed by atoms with Gasteiger partial charge in [-0.3, -0.25) is 4.99 Å². The second kappa shape index (κ2) is 8.79. The van der Waals surface area contributed by atoms with Gasteiger partial charge in [-0.25, -0.2) is 0 Å². The van der Waals surface area contributed by atoms with E-state index in [0.717, 1.165) is 12.1 Å². The van der Waals surface area contributed by atoms with Crippen LogP contribution in [0.3, 0.4) is 0 Å². The van der Waals surface area contributed by atoms with Gasteiger partial charge in [-0.2, -0.15) is 13.2 Å². The van der Waals surface area contributed by atoms with E-state index < -0.39 is 12.1 Å². The molecule has 1 aromatic rings. The van der Waals surface area contributed by atoms with Crippen molar-refractivity contribution < 1.29 is 13.2 Å². The van der Waals surface area contributed by atoms with Crippen LogP contribution in [0.5, 0.6) is 0 Å². The fraction of sp³-hybridized carbons (Fsp3) is 0.667. The molecule has 0 saturated heterocycles. The van der Waals surface area contributed by atoms with E-state index in [4.69, 9.17) is 0 Å². The van der Waals surface area contributed by atoms with Gasteiger partial charge >= 0.3 is 6.18 Å². The summed E-state index contributed by atoms with van der Waals surface area (Å²) in [5.74, 6) is -0.654. The minimum absolute atomic E-state index is 0. The normalized spacial score (nSPS) is 22.4. The summed E-state index contributed by atoms with van der Waals surface area (Å²) in [6.07, 6.45) is -0.456. The number of hydrogen-bond donors (Lipinski definition) is 2. The van der Waals surface area contributed by atoms with Gasteiger partial charge in [0.05, 0.1) is 12.5 Å². The molecular weight excluding hydrogens is 420 g/mol. The largest absolute Gasteiger partial charge is 0.391 e. The number of guanidine groups is 1. The molecule has 1 saturated carbocycles. The number of alkyl halides is 3. The maximum Gasteiger partial charge on any atom is 0.391 e. The lowest BCUT2D eigenvalue weighted by atomic mass is 9.85. The Morgan fingerprint density at radius 2 is 2.13 bits per heavy atom. The third-order valence-corrected chi connectivity index (χ3v) is 4.19. The Balaban J connectivity index is 0.00000264. The molecule has 0 aliphatic heterocycles. The van der Waals surface area contributed by atoms with Crippen LogP contribution in [0, 0.1) is 5.92 Å². The van der Waals surface area contributed by atoms with Crippen molar-refractivity contribution >= 4 is 29.9 Å². The van der Waals surface area contributed by atoms with Crippen molar-refractivity contribution in [2.45, 2.75) is 44.4 Å². The predicted octanol–water partition coefficient (Wildman–Crippen LogP) is 3.43. The van der Waals surface area contributed by atoms with Gasteiger partial charge in [0.25, 0.3) is 0 Å². The summed E-state index contributed by atoms with van der Waals surface area (Å²) in [6.45, 7) is 0.582. The summed E-state index contributed by atoms with van der Waals surface area (Å²) in [5.41, 5.74) is 1.08. The van der Waals surface area contributed by atoms with E-state index >= 15 is 0 Å². The summed E-state index contributed by atoms with van der Waals surface area (Å²) < 4.78 is 40.5. The first kappa shape index (κ1) is 20.1. The van der Waals surface area contributed by atoms with Crippen LogP contribution < -0.4 is 10.6 Å². The molecule has 1 fully saturated rings. The zero-order valence-electron chi connectivity index (χ0n) is 13.4. The Hall–Kier alpha value is -0.930. The summed E-state index contributed by atoms with van der Waals surface area (Å²) >= 11 is 0. The first-order chi connectivity index (χ1) is 10.4. The molecule has 23 heavy (non-hydrogen) atoms. The summed E-state index contributed by atoms with van der Waals surface area (Å²) in [6, 6.07) is 3.75. The standard InChI is InChI=1S/C15H23F3N4.HI/c1-19-14(20-10-13-7-4-8-22(13)2)21-12-6-3-5-11(9-12)15(16,17)18;/h4,7-8,11-12H,3,5-6,9-10H2,1-2H3,(H2,19,20,21);1H. The van der Waals surface area contributed by atoms with Crippen molar-refractivity contribution in [3.8, 4) is 0 Å². The predicted molar refractivity (Wildman–Crippen MR) is 96.0 cm³/mol. The third kappa shape index (κ3) is 5.89. The molecule has 2 atom stereocenters. The fourth-order valence-corrected chi connectivity index (χ4v) is 2.86. The average Bonchev–Trinajstić information content (AvgIpc) is 2.88. The molecule has 132 valence electrons. The Morgan fingerprint density at radius 1 is 1.39 bits per heavy atom. The van der Waals surface area contributed by atoms with Crippen LogP contribution in [0.1, 0.15) is 31.4 Å². The Bertz CT molecular complexity index is 513. The van der Waals surface area contributed by atoms with Gasteiger partial charge < -0.3 is 15.2 Å². The van der Waals surface area contributed by atoms with Gasteiger partial charge in [-0.1, -0.05) is 6.42 Å². The number of rotatable bonds is 3. The fourth-order valence-electron chi connectivity index (χ4n) is 2.86. The number of hydrogen-bond acceptors (Lipinski definition) is 1. The number of nitrogens with one attached hydrogen (secondary N) is 2. The van der Waals surface area contributed by atoms with Crippen molar-refractivity contribution in [2.75, 3.05) is 7.05 Å². The summed E-state index contributed by atoms with van der Waals surface area (Å²) in [4.78, 5) is 4.10. The van der Waals surface area contributed by atoms with E-state index in [-0.39, 0.29) is 42.9 Å².